The third kappa shape index (κ3) is 3.16. The van der Waals surface area contributed by atoms with Crippen LogP contribution in [0.25, 0.3) is 10.9 Å². The molecule has 1 aromatic carbocycles. The third-order valence-corrected chi connectivity index (χ3v) is 3.53. The maximum atomic E-state index is 10.7. The molecular formula is C15H16N4O4. The van der Waals surface area contributed by atoms with Gasteiger partial charge in [-0.15, -0.1) is 0 Å². The lowest BCUT2D eigenvalue weighted by molar-refractivity contribution is -0.389. The summed E-state index contributed by atoms with van der Waals surface area (Å²) in [4.78, 5) is 13.2. The molecule has 1 unspecified atom stereocenters. The molecule has 1 atom stereocenters. The second-order valence-corrected chi connectivity index (χ2v) is 5.24. The Hall–Kier alpha value is -2.87. The number of benzene rings is 1. The van der Waals surface area contributed by atoms with Crippen molar-refractivity contribution >= 4 is 16.7 Å². The largest absolute Gasteiger partial charge is 0.490 e. The summed E-state index contributed by atoms with van der Waals surface area (Å²) in [6.07, 6.45) is 0.989. The molecule has 3 aromatic rings. The van der Waals surface area contributed by atoms with Gasteiger partial charge in [-0.2, -0.15) is 4.68 Å². The first-order chi connectivity index (χ1) is 11.0. The minimum Gasteiger partial charge on any atom is -0.490 e. The van der Waals surface area contributed by atoms with E-state index in [9.17, 15) is 15.2 Å². The van der Waals surface area contributed by atoms with Crippen molar-refractivity contribution in [1.29, 1.82) is 0 Å². The highest BCUT2D eigenvalue weighted by atomic mass is 16.6. The van der Waals surface area contributed by atoms with Gasteiger partial charge in [-0.25, -0.2) is 0 Å². The second kappa shape index (κ2) is 6.09. The van der Waals surface area contributed by atoms with Crippen LogP contribution in [0.2, 0.25) is 0 Å². The van der Waals surface area contributed by atoms with Gasteiger partial charge >= 0.3 is 5.82 Å². The normalized spacial score (nSPS) is 12.4. The Morgan fingerprint density at radius 2 is 2.30 bits per heavy atom. The zero-order chi connectivity index (χ0) is 16.4. The maximum absolute atomic E-state index is 10.7. The van der Waals surface area contributed by atoms with Crippen molar-refractivity contribution in [3.05, 3.63) is 52.3 Å². The first-order valence-electron chi connectivity index (χ1n) is 7.10. The molecule has 0 aliphatic heterocycles. The fraction of sp³-hybridized carbons (Fsp3) is 0.267. The molecule has 8 heteroatoms. The molecule has 120 valence electrons. The minimum absolute atomic E-state index is 0.0669. The number of aromatic amines is 1. The predicted octanol–water partition coefficient (Wildman–Crippen LogP) is 2.02. The van der Waals surface area contributed by atoms with Crippen LogP contribution in [0.1, 0.15) is 5.69 Å². The molecule has 2 aromatic heterocycles. The van der Waals surface area contributed by atoms with E-state index in [1.165, 1.54) is 10.7 Å². The molecular weight excluding hydrogens is 300 g/mol. The van der Waals surface area contributed by atoms with Gasteiger partial charge in [0.05, 0.1) is 23.4 Å². The number of aliphatic hydroxyl groups is 1. The van der Waals surface area contributed by atoms with Crippen LogP contribution in [0.15, 0.2) is 36.5 Å². The number of nitrogens with one attached hydrogen (secondary N) is 1. The monoisotopic (exact) mass is 316 g/mol. The zero-order valence-corrected chi connectivity index (χ0v) is 12.5. The van der Waals surface area contributed by atoms with Gasteiger partial charge in [0.1, 0.15) is 18.5 Å². The molecule has 3 rings (SSSR count). The minimum atomic E-state index is -0.831. The number of fused-ring (bicyclic) bond motifs is 1. The Balaban J connectivity index is 1.65. The lowest BCUT2D eigenvalue weighted by Gasteiger charge is -2.12. The maximum Gasteiger partial charge on any atom is 0.390 e. The smallest absolute Gasteiger partial charge is 0.390 e. The Labute approximate surface area is 131 Å². The first-order valence-corrected chi connectivity index (χ1v) is 7.10. The second-order valence-electron chi connectivity index (χ2n) is 5.24. The first kappa shape index (κ1) is 15.0. The number of nitro groups is 1. The van der Waals surface area contributed by atoms with Gasteiger partial charge in [0, 0.05) is 17.1 Å². The molecule has 2 heterocycles. The highest BCUT2D eigenvalue weighted by molar-refractivity contribution is 5.85. The molecule has 23 heavy (non-hydrogen) atoms. The predicted molar refractivity (Wildman–Crippen MR) is 83.4 cm³/mol. The summed E-state index contributed by atoms with van der Waals surface area (Å²) < 4.78 is 7.07. The topological polar surface area (TPSA) is 106 Å². The lowest BCUT2D eigenvalue weighted by atomic mass is 10.2. The van der Waals surface area contributed by atoms with E-state index in [0.717, 1.165) is 10.9 Å². The van der Waals surface area contributed by atoms with Gasteiger partial charge in [-0.05, 0) is 30.0 Å². The SMILES string of the molecule is Cc1cc([N+](=O)[O-])nn1CC(O)COc1cccc2[nH]ccc12. The molecule has 0 bridgehead atoms. The molecule has 2 N–H and O–H groups in total. The van der Waals surface area contributed by atoms with Crippen molar-refractivity contribution in [1.82, 2.24) is 14.8 Å². The van der Waals surface area contributed by atoms with Crippen LogP contribution in [0, 0.1) is 17.0 Å². The fourth-order valence-corrected chi connectivity index (χ4v) is 2.39. The van der Waals surface area contributed by atoms with Crippen LogP contribution >= 0.6 is 0 Å². The van der Waals surface area contributed by atoms with Crippen LogP contribution in [0.5, 0.6) is 5.75 Å². The number of aliphatic hydroxyl groups excluding tert-OH is 1. The van der Waals surface area contributed by atoms with Gasteiger partial charge in [-0.3, -0.25) is 0 Å². The standard InChI is InChI=1S/C15H16N4O4/c1-10-7-15(19(21)22)17-18(10)8-11(20)9-23-14-4-2-3-13-12(14)5-6-16-13/h2-7,11,16,20H,8-9H2,1H3. The molecule has 0 saturated carbocycles. The lowest BCUT2D eigenvalue weighted by Crippen LogP contribution is -2.24. The van der Waals surface area contributed by atoms with Crippen molar-refractivity contribution in [2.75, 3.05) is 6.61 Å². The number of ether oxygens (including phenoxy) is 1. The summed E-state index contributed by atoms with van der Waals surface area (Å²) in [7, 11) is 0. The van der Waals surface area contributed by atoms with E-state index < -0.39 is 11.0 Å². The number of hydrogen-bond donors (Lipinski definition) is 2. The number of hydrogen-bond acceptors (Lipinski definition) is 5. The van der Waals surface area contributed by atoms with Crippen LogP contribution in [0.3, 0.4) is 0 Å². The van der Waals surface area contributed by atoms with E-state index in [-0.39, 0.29) is 19.0 Å². The molecule has 0 aliphatic carbocycles. The fourth-order valence-electron chi connectivity index (χ4n) is 2.39. The van der Waals surface area contributed by atoms with E-state index in [1.807, 2.05) is 30.5 Å². The van der Waals surface area contributed by atoms with Gasteiger partial charge in [0.15, 0.2) is 0 Å². The average molecular weight is 316 g/mol. The summed E-state index contributed by atoms with van der Waals surface area (Å²) in [6, 6.07) is 8.89. The van der Waals surface area contributed by atoms with Crippen LogP contribution in [-0.4, -0.2) is 37.5 Å². The number of H-pyrrole nitrogens is 1. The molecule has 0 radical (unpaired) electrons. The van der Waals surface area contributed by atoms with Crippen molar-refractivity contribution in [2.24, 2.45) is 0 Å². The van der Waals surface area contributed by atoms with Crippen LogP contribution in [-0.2, 0) is 6.54 Å². The Morgan fingerprint density at radius 3 is 3.04 bits per heavy atom. The number of nitrogens with zero attached hydrogens (tertiary/aromatic N) is 3. The van der Waals surface area contributed by atoms with E-state index in [2.05, 4.69) is 10.1 Å². The Morgan fingerprint density at radius 1 is 1.48 bits per heavy atom. The summed E-state index contributed by atoms with van der Waals surface area (Å²) in [5.41, 5.74) is 1.57. The Kier molecular flexibility index (Phi) is 3.98. The quantitative estimate of drug-likeness (QED) is 0.534. The summed E-state index contributed by atoms with van der Waals surface area (Å²) in [6.45, 7) is 1.90. The van der Waals surface area contributed by atoms with Crippen molar-refractivity contribution < 1.29 is 14.8 Å². The van der Waals surface area contributed by atoms with E-state index in [4.69, 9.17) is 4.74 Å². The average Bonchev–Trinajstić information content (AvgIpc) is 3.12. The van der Waals surface area contributed by atoms with E-state index >= 15 is 0 Å². The molecule has 0 amide bonds. The number of rotatable bonds is 6. The highest BCUT2D eigenvalue weighted by Gasteiger charge is 2.18. The van der Waals surface area contributed by atoms with E-state index in [0.29, 0.717) is 11.4 Å². The third-order valence-electron chi connectivity index (χ3n) is 3.53. The number of aromatic nitrogens is 3. The number of aryl methyl sites for hydroxylation is 1. The summed E-state index contributed by atoms with van der Waals surface area (Å²) in [5, 5.41) is 25.6. The highest BCUT2D eigenvalue weighted by Crippen LogP contribution is 2.24. The molecule has 0 spiro atoms. The van der Waals surface area contributed by atoms with Crippen molar-refractivity contribution in [3.8, 4) is 5.75 Å². The Bertz CT molecular complexity index is 839. The molecule has 0 aliphatic rings. The van der Waals surface area contributed by atoms with Crippen LogP contribution < -0.4 is 4.74 Å². The molecule has 8 nitrogen and oxygen atoms in total. The van der Waals surface area contributed by atoms with Gasteiger partial charge < -0.3 is 24.9 Å². The van der Waals surface area contributed by atoms with Gasteiger partial charge in [0.25, 0.3) is 0 Å². The van der Waals surface area contributed by atoms with Crippen molar-refractivity contribution in [2.45, 2.75) is 19.6 Å². The summed E-state index contributed by atoms with van der Waals surface area (Å²) in [5.74, 6) is 0.443. The molecule has 0 saturated heterocycles. The summed E-state index contributed by atoms with van der Waals surface area (Å²) >= 11 is 0. The van der Waals surface area contributed by atoms with Crippen LogP contribution in [0.4, 0.5) is 5.82 Å². The van der Waals surface area contributed by atoms with Gasteiger partial charge in [-0.1, -0.05) is 6.07 Å². The van der Waals surface area contributed by atoms with E-state index in [1.54, 1.807) is 6.92 Å². The zero-order valence-electron chi connectivity index (χ0n) is 12.5. The van der Waals surface area contributed by atoms with Crippen molar-refractivity contribution in [3.63, 3.8) is 0 Å². The van der Waals surface area contributed by atoms with Gasteiger partial charge in [0.2, 0.25) is 0 Å². The molecule has 0 fully saturated rings.